The third kappa shape index (κ3) is 2.27. The van der Waals surface area contributed by atoms with Crippen LogP contribution in [0.5, 0.6) is 0 Å². The first-order chi connectivity index (χ1) is 5.61. The summed E-state index contributed by atoms with van der Waals surface area (Å²) in [6, 6.07) is 4.73. The summed E-state index contributed by atoms with van der Waals surface area (Å²) in [5.74, 6) is -0.311. The van der Waals surface area contributed by atoms with E-state index in [0.717, 1.165) is 10.6 Å². The Morgan fingerprint density at radius 2 is 2.25 bits per heavy atom. The van der Waals surface area contributed by atoms with E-state index in [-0.39, 0.29) is 5.82 Å². The standard InChI is InChI=1S/C8H9BrFNO/c1-11(12)5-6-3-2-4-7(10)8(6)9/h2-4,12H,5H2,1H3. The van der Waals surface area contributed by atoms with Crippen LogP contribution in [-0.2, 0) is 6.54 Å². The van der Waals surface area contributed by atoms with E-state index < -0.39 is 0 Å². The molecule has 0 aliphatic heterocycles. The maximum Gasteiger partial charge on any atom is 0.137 e. The number of hydroxylamine groups is 2. The van der Waals surface area contributed by atoms with Crippen molar-refractivity contribution in [2.45, 2.75) is 6.54 Å². The van der Waals surface area contributed by atoms with E-state index in [1.807, 2.05) is 0 Å². The summed E-state index contributed by atoms with van der Waals surface area (Å²) >= 11 is 3.10. The first kappa shape index (κ1) is 9.64. The van der Waals surface area contributed by atoms with E-state index in [0.29, 0.717) is 11.0 Å². The van der Waals surface area contributed by atoms with Crippen LogP contribution in [0.15, 0.2) is 22.7 Å². The SMILES string of the molecule is CN(O)Cc1cccc(F)c1Br. The highest BCUT2D eigenvalue weighted by molar-refractivity contribution is 9.10. The second-order valence-corrected chi connectivity index (χ2v) is 3.32. The fourth-order valence-corrected chi connectivity index (χ4v) is 1.31. The second-order valence-electron chi connectivity index (χ2n) is 2.53. The molecule has 0 radical (unpaired) electrons. The summed E-state index contributed by atoms with van der Waals surface area (Å²) in [5.41, 5.74) is 0.722. The molecule has 0 heterocycles. The molecule has 0 aromatic heterocycles. The highest BCUT2D eigenvalue weighted by atomic mass is 79.9. The summed E-state index contributed by atoms with van der Waals surface area (Å²) in [6.07, 6.45) is 0. The van der Waals surface area contributed by atoms with Crippen molar-refractivity contribution >= 4 is 15.9 Å². The van der Waals surface area contributed by atoms with E-state index in [1.165, 1.54) is 13.1 Å². The van der Waals surface area contributed by atoms with Crippen molar-refractivity contribution in [3.63, 3.8) is 0 Å². The zero-order valence-corrected chi connectivity index (χ0v) is 8.18. The molecule has 0 unspecified atom stereocenters. The lowest BCUT2D eigenvalue weighted by molar-refractivity contribution is -0.0733. The van der Waals surface area contributed by atoms with E-state index in [9.17, 15) is 4.39 Å². The molecule has 0 fully saturated rings. The predicted molar refractivity (Wildman–Crippen MR) is 47.4 cm³/mol. The molecule has 1 rings (SSSR count). The van der Waals surface area contributed by atoms with Gasteiger partial charge in [-0.15, -0.1) is 0 Å². The Morgan fingerprint density at radius 1 is 1.58 bits per heavy atom. The maximum atomic E-state index is 12.9. The van der Waals surface area contributed by atoms with Crippen molar-refractivity contribution in [1.82, 2.24) is 5.06 Å². The van der Waals surface area contributed by atoms with Gasteiger partial charge in [0.2, 0.25) is 0 Å². The van der Waals surface area contributed by atoms with Crippen molar-refractivity contribution in [1.29, 1.82) is 0 Å². The topological polar surface area (TPSA) is 23.5 Å². The molecule has 1 aromatic carbocycles. The third-order valence-corrected chi connectivity index (χ3v) is 2.32. The van der Waals surface area contributed by atoms with Crippen LogP contribution in [0.2, 0.25) is 0 Å². The van der Waals surface area contributed by atoms with Crippen molar-refractivity contribution in [2.24, 2.45) is 0 Å². The monoisotopic (exact) mass is 233 g/mol. The van der Waals surface area contributed by atoms with Crippen LogP contribution in [0, 0.1) is 5.82 Å². The number of hydrogen-bond donors (Lipinski definition) is 1. The number of hydrogen-bond acceptors (Lipinski definition) is 2. The highest BCUT2D eigenvalue weighted by Gasteiger charge is 2.05. The minimum atomic E-state index is -0.311. The fraction of sp³-hybridized carbons (Fsp3) is 0.250. The molecule has 0 saturated heterocycles. The summed E-state index contributed by atoms with van der Waals surface area (Å²) in [4.78, 5) is 0. The summed E-state index contributed by atoms with van der Waals surface area (Å²) < 4.78 is 13.3. The fourth-order valence-electron chi connectivity index (χ4n) is 0.917. The first-order valence-corrected chi connectivity index (χ1v) is 4.23. The van der Waals surface area contributed by atoms with Gasteiger partial charge in [0.05, 0.1) is 4.47 Å². The minimum Gasteiger partial charge on any atom is -0.314 e. The van der Waals surface area contributed by atoms with E-state index in [4.69, 9.17) is 5.21 Å². The number of halogens is 2. The molecule has 0 saturated carbocycles. The lowest BCUT2D eigenvalue weighted by Crippen LogP contribution is -2.12. The Kier molecular flexibility index (Phi) is 3.20. The van der Waals surface area contributed by atoms with Crippen molar-refractivity contribution in [3.05, 3.63) is 34.1 Å². The lowest BCUT2D eigenvalue weighted by Gasteiger charge is -2.09. The molecule has 0 bridgehead atoms. The van der Waals surface area contributed by atoms with Gasteiger partial charge in [-0.2, -0.15) is 5.06 Å². The van der Waals surface area contributed by atoms with Gasteiger partial charge >= 0.3 is 0 Å². The van der Waals surface area contributed by atoms with Gasteiger partial charge in [0, 0.05) is 13.6 Å². The zero-order chi connectivity index (χ0) is 9.14. The minimum absolute atomic E-state index is 0.304. The molecule has 0 aliphatic rings. The van der Waals surface area contributed by atoms with Crippen LogP contribution in [0.3, 0.4) is 0 Å². The van der Waals surface area contributed by atoms with Crippen molar-refractivity contribution in [3.8, 4) is 0 Å². The van der Waals surface area contributed by atoms with Crippen LogP contribution in [0.1, 0.15) is 5.56 Å². The molecule has 4 heteroatoms. The predicted octanol–water partition coefficient (Wildman–Crippen LogP) is 2.41. The van der Waals surface area contributed by atoms with Gasteiger partial charge in [0.15, 0.2) is 0 Å². The van der Waals surface area contributed by atoms with Crippen molar-refractivity contribution < 1.29 is 9.60 Å². The molecule has 66 valence electrons. The van der Waals surface area contributed by atoms with Crippen LogP contribution in [0.4, 0.5) is 4.39 Å². The maximum absolute atomic E-state index is 12.9. The third-order valence-electron chi connectivity index (χ3n) is 1.43. The smallest absolute Gasteiger partial charge is 0.137 e. The molecular weight excluding hydrogens is 225 g/mol. The molecular formula is C8H9BrFNO. The molecule has 0 spiro atoms. The summed E-state index contributed by atoms with van der Waals surface area (Å²) in [6.45, 7) is 0.304. The van der Waals surface area contributed by atoms with Gasteiger partial charge in [-0.05, 0) is 27.6 Å². The Hall–Kier alpha value is -0.450. The molecule has 0 aliphatic carbocycles. The normalized spacial score (nSPS) is 10.8. The molecule has 12 heavy (non-hydrogen) atoms. The average Bonchev–Trinajstić information content (AvgIpc) is 1.98. The largest absolute Gasteiger partial charge is 0.314 e. The number of nitrogens with zero attached hydrogens (tertiary/aromatic N) is 1. The van der Waals surface area contributed by atoms with Gasteiger partial charge in [0.25, 0.3) is 0 Å². The highest BCUT2D eigenvalue weighted by Crippen LogP contribution is 2.20. The second kappa shape index (κ2) is 3.98. The van der Waals surface area contributed by atoms with E-state index in [1.54, 1.807) is 12.1 Å². The van der Waals surface area contributed by atoms with Gasteiger partial charge in [-0.3, -0.25) is 0 Å². The van der Waals surface area contributed by atoms with Crippen LogP contribution in [-0.4, -0.2) is 17.3 Å². The number of benzene rings is 1. The Labute approximate surface area is 78.7 Å². The quantitative estimate of drug-likeness (QED) is 0.794. The van der Waals surface area contributed by atoms with Gasteiger partial charge in [-0.1, -0.05) is 12.1 Å². The van der Waals surface area contributed by atoms with E-state index >= 15 is 0 Å². The summed E-state index contributed by atoms with van der Waals surface area (Å²) in [5, 5.41) is 9.91. The molecule has 0 amide bonds. The lowest BCUT2D eigenvalue weighted by atomic mass is 10.2. The Bertz CT molecular complexity index is 278. The zero-order valence-electron chi connectivity index (χ0n) is 6.59. The number of rotatable bonds is 2. The summed E-state index contributed by atoms with van der Waals surface area (Å²) in [7, 11) is 1.51. The van der Waals surface area contributed by atoms with Gasteiger partial charge in [-0.25, -0.2) is 4.39 Å². The van der Waals surface area contributed by atoms with Crippen LogP contribution < -0.4 is 0 Å². The molecule has 2 nitrogen and oxygen atoms in total. The van der Waals surface area contributed by atoms with Gasteiger partial charge in [0.1, 0.15) is 5.82 Å². The van der Waals surface area contributed by atoms with Crippen LogP contribution in [0.25, 0.3) is 0 Å². The van der Waals surface area contributed by atoms with Gasteiger partial charge < -0.3 is 5.21 Å². The first-order valence-electron chi connectivity index (χ1n) is 3.44. The van der Waals surface area contributed by atoms with Crippen molar-refractivity contribution in [2.75, 3.05) is 7.05 Å². The average molecular weight is 234 g/mol. The molecule has 1 aromatic rings. The Balaban J connectivity index is 2.92. The molecule has 0 atom stereocenters. The van der Waals surface area contributed by atoms with E-state index in [2.05, 4.69) is 15.9 Å². The molecule has 1 N–H and O–H groups in total. The van der Waals surface area contributed by atoms with Crippen LogP contribution >= 0.6 is 15.9 Å². The Morgan fingerprint density at radius 3 is 2.83 bits per heavy atom.